The molecule has 0 bridgehead atoms. The first-order chi connectivity index (χ1) is 20.3. The second-order valence-corrected chi connectivity index (χ2v) is 14.1. The van der Waals surface area contributed by atoms with E-state index in [1.54, 1.807) is 18.7 Å². The number of aliphatic carboxylic acids is 1. The van der Waals surface area contributed by atoms with Crippen LogP contribution in [0.1, 0.15) is 49.6 Å². The topological polar surface area (TPSA) is 154 Å². The molecule has 0 spiro atoms. The molecule has 0 saturated carbocycles. The molecular weight excluding hydrogens is 596 g/mol. The molecule has 0 aliphatic carbocycles. The van der Waals surface area contributed by atoms with Gasteiger partial charge >= 0.3 is 5.97 Å². The largest absolute Gasteiger partial charge is 0.496 e. The van der Waals surface area contributed by atoms with Gasteiger partial charge in [-0.2, -0.15) is 5.10 Å². The average Bonchev–Trinajstić information content (AvgIpc) is 3.62. The first-order valence-electron chi connectivity index (χ1n) is 13.7. The highest BCUT2D eigenvalue weighted by molar-refractivity contribution is 7.88. The zero-order chi connectivity index (χ0) is 31.1. The Morgan fingerprint density at radius 3 is 2.56 bits per heavy atom. The van der Waals surface area contributed by atoms with Crippen LogP contribution in [0, 0.1) is 6.92 Å². The molecule has 0 unspecified atom stereocenters. The smallest absolute Gasteiger partial charge is 0.315 e. The fourth-order valence-corrected chi connectivity index (χ4v) is 7.37. The maximum Gasteiger partial charge on any atom is 0.315 e. The molecule has 4 aromatic rings. The number of piperidine rings is 1. The van der Waals surface area contributed by atoms with E-state index in [9.17, 15) is 23.1 Å². The summed E-state index contributed by atoms with van der Waals surface area (Å²) < 4.78 is 45.1. The minimum absolute atomic E-state index is 0.104. The van der Waals surface area contributed by atoms with Crippen molar-refractivity contribution in [1.29, 1.82) is 0 Å². The van der Waals surface area contributed by atoms with Gasteiger partial charge in [0.2, 0.25) is 21.3 Å². The summed E-state index contributed by atoms with van der Waals surface area (Å²) in [5.41, 5.74) is -0.789. The monoisotopic (exact) mass is 630 g/mol. The van der Waals surface area contributed by atoms with Crippen LogP contribution in [-0.4, -0.2) is 71.1 Å². The number of carboxylic acid groups (broad SMARTS) is 1. The van der Waals surface area contributed by atoms with E-state index in [0.29, 0.717) is 58.2 Å². The summed E-state index contributed by atoms with van der Waals surface area (Å²) in [5, 5.41) is 15.0. The predicted octanol–water partition coefficient (Wildman–Crippen LogP) is 3.97. The van der Waals surface area contributed by atoms with Crippen LogP contribution in [0.3, 0.4) is 0 Å². The fourth-order valence-electron chi connectivity index (χ4n) is 5.29. The number of hydrogen-bond donors (Lipinski definition) is 1. The standard InChI is InChI=1S/C29H34N4O8S2/c1-17-22-23(34)25(29(2,3)28(35)36)31-33(27(22)42-24(17)26-30-12-15-40-26)16-21(19-8-6-7-9-20(19)39-4)41-18-10-13-32(14-11-18)43(5,37)38/h6-9,12,15,18,21H,10-11,13-14,16H2,1-5H3,(H,35,36)/t21-/m1/s1. The summed E-state index contributed by atoms with van der Waals surface area (Å²) in [7, 11) is -1.74. The molecule has 1 aliphatic rings. The van der Waals surface area contributed by atoms with Crippen molar-refractivity contribution in [1.82, 2.24) is 19.1 Å². The number of nitrogens with zero attached hydrogens (tertiary/aromatic N) is 4. The van der Waals surface area contributed by atoms with Crippen molar-refractivity contribution in [3.8, 4) is 16.5 Å². The third kappa shape index (κ3) is 5.96. The lowest BCUT2D eigenvalue weighted by atomic mass is 9.88. The van der Waals surface area contributed by atoms with Gasteiger partial charge < -0.3 is 19.0 Å². The van der Waals surface area contributed by atoms with E-state index in [1.807, 2.05) is 24.3 Å². The highest BCUT2D eigenvalue weighted by atomic mass is 32.2. The van der Waals surface area contributed by atoms with Gasteiger partial charge in [-0.1, -0.05) is 18.2 Å². The predicted molar refractivity (Wildman–Crippen MR) is 161 cm³/mol. The Kier molecular flexibility index (Phi) is 8.49. The van der Waals surface area contributed by atoms with E-state index in [4.69, 9.17) is 13.9 Å². The summed E-state index contributed by atoms with van der Waals surface area (Å²) in [6.07, 6.45) is 4.27. The van der Waals surface area contributed by atoms with E-state index in [-0.39, 0.29) is 18.3 Å². The molecule has 5 rings (SSSR count). The molecule has 1 aliphatic heterocycles. The third-order valence-corrected chi connectivity index (χ3v) is 10.4. The third-order valence-electron chi connectivity index (χ3n) is 7.83. The van der Waals surface area contributed by atoms with Crippen molar-refractivity contribution in [2.24, 2.45) is 0 Å². The minimum atomic E-state index is -3.31. The molecule has 0 radical (unpaired) electrons. The Balaban J connectivity index is 1.64. The summed E-state index contributed by atoms with van der Waals surface area (Å²) in [5.74, 6) is -0.245. The number of thiophene rings is 1. The first-order valence-corrected chi connectivity index (χ1v) is 16.4. The second kappa shape index (κ2) is 11.8. The van der Waals surface area contributed by atoms with Crippen LogP contribution in [0.25, 0.3) is 21.0 Å². The quantitative estimate of drug-likeness (QED) is 0.272. The molecule has 1 atom stereocenters. The Hall–Kier alpha value is -3.59. The van der Waals surface area contributed by atoms with Gasteiger partial charge in [-0.15, -0.1) is 11.3 Å². The van der Waals surface area contributed by atoms with Crippen molar-refractivity contribution in [2.75, 3.05) is 26.5 Å². The molecule has 12 nitrogen and oxygen atoms in total. The Morgan fingerprint density at radius 2 is 1.95 bits per heavy atom. The van der Waals surface area contributed by atoms with E-state index in [0.717, 1.165) is 5.56 Å². The fraction of sp³-hybridized carbons (Fsp3) is 0.448. The van der Waals surface area contributed by atoms with Gasteiger partial charge in [0.15, 0.2) is 0 Å². The van der Waals surface area contributed by atoms with Crippen molar-refractivity contribution in [2.45, 2.75) is 57.8 Å². The van der Waals surface area contributed by atoms with Gasteiger partial charge in [0, 0.05) is 18.7 Å². The molecular formula is C29H34N4O8S2. The number of rotatable bonds is 10. The number of ether oxygens (including phenoxy) is 2. The van der Waals surface area contributed by atoms with Gasteiger partial charge in [-0.25, -0.2) is 17.7 Å². The number of carbonyl (C=O) groups is 1. The van der Waals surface area contributed by atoms with Crippen LogP contribution in [-0.2, 0) is 31.5 Å². The summed E-state index contributed by atoms with van der Waals surface area (Å²) >= 11 is 1.28. The minimum Gasteiger partial charge on any atom is -0.496 e. The number of methoxy groups -OCH3 is 1. The first kappa shape index (κ1) is 30.9. The lowest BCUT2D eigenvalue weighted by Gasteiger charge is -2.33. The number of aryl methyl sites for hydroxylation is 1. The number of sulfonamides is 1. The molecule has 3 aromatic heterocycles. The SMILES string of the molecule is COc1ccccc1[C@@H](Cn1nc(C(C)(C)C(=O)O)c(=O)c2c(C)c(-c3ncco3)sc21)OC1CCN(S(C)(=O)=O)CC1. The molecule has 0 amide bonds. The van der Waals surface area contributed by atoms with Crippen molar-refractivity contribution >= 4 is 37.5 Å². The van der Waals surface area contributed by atoms with E-state index in [1.165, 1.54) is 48.2 Å². The molecule has 1 aromatic carbocycles. The number of hydrogen-bond acceptors (Lipinski definition) is 10. The van der Waals surface area contributed by atoms with Crippen molar-refractivity contribution in [3.05, 3.63) is 63.8 Å². The lowest BCUT2D eigenvalue weighted by Crippen LogP contribution is -2.41. The van der Waals surface area contributed by atoms with Gasteiger partial charge in [-0.3, -0.25) is 14.3 Å². The number of fused-ring (bicyclic) bond motifs is 1. The lowest BCUT2D eigenvalue weighted by molar-refractivity contribution is -0.142. The second-order valence-electron chi connectivity index (χ2n) is 11.1. The van der Waals surface area contributed by atoms with Crippen LogP contribution in [0.5, 0.6) is 5.75 Å². The number of oxazole rings is 1. The summed E-state index contributed by atoms with van der Waals surface area (Å²) in [6.45, 7) is 5.49. The maximum atomic E-state index is 13.8. The normalized spacial score (nSPS) is 16.0. The number of benzene rings is 1. The van der Waals surface area contributed by atoms with Crippen LogP contribution < -0.4 is 10.2 Å². The van der Waals surface area contributed by atoms with E-state index in [2.05, 4.69) is 10.1 Å². The Labute approximate surface area is 252 Å². The van der Waals surface area contributed by atoms with Crippen LogP contribution in [0.4, 0.5) is 0 Å². The number of carboxylic acids is 1. The molecule has 1 saturated heterocycles. The summed E-state index contributed by atoms with van der Waals surface area (Å²) in [6, 6.07) is 7.42. The highest BCUT2D eigenvalue weighted by Gasteiger charge is 2.37. The molecule has 14 heteroatoms. The van der Waals surface area contributed by atoms with E-state index < -0.39 is 32.9 Å². The molecule has 1 fully saturated rings. The Morgan fingerprint density at radius 1 is 1.26 bits per heavy atom. The Bertz CT molecular complexity index is 1800. The average molecular weight is 631 g/mol. The van der Waals surface area contributed by atoms with Crippen molar-refractivity contribution < 1.29 is 32.2 Å². The van der Waals surface area contributed by atoms with E-state index >= 15 is 0 Å². The van der Waals surface area contributed by atoms with Gasteiger partial charge in [0.25, 0.3) is 0 Å². The van der Waals surface area contributed by atoms with Gasteiger partial charge in [0.1, 0.15) is 34.1 Å². The van der Waals surface area contributed by atoms with Gasteiger partial charge in [-0.05, 0) is 45.2 Å². The summed E-state index contributed by atoms with van der Waals surface area (Å²) in [4.78, 5) is 31.5. The maximum absolute atomic E-state index is 13.8. The van der Waals surface area contributed by atoms with Gasteiger partial charge in [0.05, 0.1) is 42.5 Å². The van der Waals surface area contributed by atoms with Crippen LogP contribution in [0.15, 0.2) is 45.9 Å². The number of para-hydroxylation sites is 1. The van der Waals surface area contributed by atoms with Crippen molar-refractivity contribution in [3.63, 3.8) is 0 Å². The molecule has 230 valence electrons. The number of aromatic nitrogens is 3. The molecule has 1 N–H and O–H groups in total. The van der Waals surface area contributed by atoms with Crippen LogP contribution in [0.2, 0.25) is 0 Å². The van der Waals surface area contributed by atoms with Crippen LogP contribution >= 0.6 is 11.3 Å². The molecule has 4 heterocycles. The zero-order valence-electron chi connectivity index (χ0n) is 24.6. The molecule has 43 heavy (non-hydrogen) atoms. The highest BCUT2D eigenvalue weighted by Crippen LogP contribution is 2.38. The zero-order valence-corrected chi connectivity index (χ0v) is 26.2.